The van der Waals surface area contributed by atoms with Crippen molar-refractivity contribution in [2.24, 2.45) is 7.05 Å². The predicted molar refractivity (Wildman–Crippen MR) is 55.9 cm³/mol. The van der Waals surface area contributed by atoms with Crippen LogP contribution in [0.2, 0.25) is 0 Å². The molecule has 0 aliphatic heterocycles. The van der Waals surface area contributed by atoms with Gasteiger partial charge in [0, 0.05) is 25.0 Å². The molecule has 14 heavy (non-hydrogen) atoms. The van der Waals surface area contributed by atoms with Gasteiger partial charge in [-0.1, -0.05) is 0 Å². The Kier molecular flexibility index (Phi) is 2.08. The highest BCUT2D eigenvalue weighted by Crippen LogP contribution is 2.23. The summed E-state index contributed by atoms with van der Waals surface area (Å²) in [5, 5.41) is 4.38. The fourth-order valence-corrected chi connectivity index (χ4v) is 1.67. The maximum absolute atomic E-state index is 4.38. The fourth-order valence-electron chi connectivity index (χ4n) is 1.67. The molecule has 2 rings (SSSR count). The molecule has 2 heterocycles. The smallest absolute Gasteiger partial charge is 0.0726 e. The van der Waals surface area contributed by atoms with E-state index in [-0.39, 0.29) is 0 Å². The van der Waals surface area contributed by atoms with Crippen molar-refractivity contribution >= 4 is 0 Å². The van der Waals surface area contributed by atoms with Crippen LogP contribution in [-0.2, 0) is 7.05 Å². The minimum absolute atomic E-state index is 1.08. The van der Waals surface area contributed by atoms with E-state index in [2.05, 4.69) is 23.1 Å². The third-order valence-electron chi connectivity index (χ3n) is 2.46. The molecule has 0 unspecified atom stereocenters. The van der Waals surface area contributed by atoms with E-state index in [0.717, 1.165) is 17.0 Å². The first kappa shape index (κ1) is 8.94. The zero-order valence-corrected chi connectivity index (χ0v) is 8.65. The van der Waals surface area contributed by atoms with Gasteiger partial charge in [0.25, 0.3) is 0 Å². The molecule has 0 aliphatic carbocycles. The second-order valence-corrected chi connectivity index (χ2v) is 3.42. The maximum Gasteiger partial charge on any atom is 0.0726 e. The van der Waals surface area contributed by atoms with Crippen LogP contribution in [0.15, 0.2) is 24.5 Å². The molecule has 72 valence electrons. The summed E-state index contributed by atoms with van der Waals surface area (Å²) in [6, 6.07) is 3.99. The largest absolute Gasteiger partial charge is 0.267 e. The third kappa shape index (κ3) is 1.31. The second kappa shape index (κ2) is 3.25. The number of hydrogen-bond donors (Lipinski definition) is 0. The Morgan fingerprint density at radius 1 is 1.29 bits per heavy atom. The SMILES string of the molecule is Cc1nn(C)c(-c2cccnc2)c1C. The molecule has 2 aromatic heterocycles. The van der Waals surface area contributed by atoms with Crippen molar-refractivity contribution in [3.05, 3.63) is 35.8 Å². The molecule has 0 amide bonds. The topological polar surface area (TPSA) is 30.7 Å². The highest BCUT2D eigenvalue weighted by molar-refractivity contribution is 5.63. The molecule has 3 nitrogen and oxygen atoms in total. The first-order chi connectivity index (χ1) is 6.70. The van der Waals surface area contributed by atoms with Crippen LogP contribution < -0.4 is 0 Å². The zero-order chi connectivity index (χ0) is 10.1. The number of aryl methyl sites for hydroxylation is 2. The minimum atomic E-state index is 1.08. The van der Waals surface area contributed by atoms with Gasteiger partial charge < -0.3 is 0 Å². The van der Waals surface area contributed by atoms with Crippen molar-refractivity contribution in [3.63, 3.8) is 0 Å². The van der Waals surface area contributed by atoms with Gasteiger partial charge in [0.1, 0.15) is 0 Å². The number of aromatic nitrogens is 3. The van der Waals surface area contributed by atoms with Crippen LogP contribution in [0, 0.1) is 13.8 Å². The molecule has 0 aliphatic rings. The van der Waals surface area contributed by atoms with Crippen LogP contribution in [-0.4, -0.2) is 14.8 Å². The normalized spacial score (nSPS) is 10.5. The van der Waals surface area contributed by atoms with Crippen molar-refractivity contribution < 1.29 is 0 Å². The monoisotopic (exact) mass is 187 g/mol. The van der Waals surface area contributed by atoms with Gasteiger partial charge in [-0.05, 0) is 31.5 Å². The molecule has 0 fully saturated rings. The van der Waals surface area contributed by atoms with Gasteiger partial charge in [-0.2, -0.15) is 5.10 Å². The quantitative estimate of drug-likeness (QED) is 0.684. The average Bonchev–Trinajstić information content (AvgIpc) is 2.43. The molecule has 0 radical (unpaired) electrons. The lowest BCUT2D eigenvalue weighted by molar-refractivity contribution is 0.764. The first-order valence-electron chi connectivity index (χ1n) is 4.60. The predicted octanol–water partition coefficient (Wildman–Crippen LogP) is 2.10. The van der Waals surface area contributed by atoms with Crippen LogP contribution in [0.3, 0.4) is 0 Å². The molecule has 0 aromatic carbocycles. The Hall–Kier alpha value is -1.64. The highest BCUT2D eigenvalue weighted by atomic mass is 15.3. The van der Waals surface area contributed by atoms with Gasteiger partial charge in [-0.25, -0.2) is 0 Å². The Labute approximate surface area is 83.4 Å². The Morgan fingerprint density at radius 2 is 2.07 bits per heavy atom. The van der Waals surface area contributed by atoms with Crippen molar-refractivity contribution in [2.75, 3.05) is 0 Å². The molecule has 2 aromatic rings. The van der Waals surface area contributed by atoms with Gasteiger partial charge in [0.05, 0.1) is 11.4 Å². The lowest BCUT2D eigenvalue weighted by atomic mass is 10.1. The fraction of sp³-hybridized carbons (Fsp3) is 0.273. The zero-order valence-electron chi connectivity index (χ0n) is 8.65. The van der Waals surface area contributed by atoms with Crippen molar-refractivity contribution in [2.45, 2.75) is 13.8 Å². The molecule has 3 heteroatoms. The van der Waals surface area contributed by atoms with Gasteiger partial charge in [0.15, 0.2) is 0 Å². The van der Waals surface area contributed by atoms with E-state index in [0.29, 0.717) is 0 Å². The molecular weight excluding hydrogens is 174 g/mol. The van der Waals surface area contributed by atoms with Gasteiger partial charge in [-0.15, -0.1) is 0 Å². The minimum Gasteiger partial charge on any atom is -0.267 e. The molecular formula is C11H13N3. The Morgan fingerprint density at radius 3 is 2.57 bits per heavy atom. The van der Waals surface area contributed by atoms with Crippen molar-refractivity contribution in [1.29, 1.82) is 0 Å². The molecule has 0 spiro atoms. The third-order valence-corrected chi connectivity index (χ3v) is 2.46. The van der Waals surface area contributed by atoms with Crippen molar-refractivity contribution in [3.8, 4) is 11.3 Å². The van der Waals surface area contributed by atoms with Gasteiger partial charge in [-0.3, -0.25) is 9.67 Å². The number of rotatable bonds is 1. The maximum atomic E-state index is 4.38. The van der Waals surface area contributed by atoms with E-state index >= 15 is 0 Å². The van der Waals surface area contributed by atoms with E-state index in [1.165, 1.54) is 5.56 Å². The highest BCUT2D eigenvalue weighted by Gasteiger charge is 2.10. The van der Waals surface area contributed by atoms with Crippen LogP contribution in [0.25, 0.3) is 11.3 Å². The molecule has 0 saturated carbocycles. The Bertz CT molecular complexity index is 443. The number of pyridine rings is 1. The first-order valence-corrected chi connectivity index (χ1v) is 4.60. The van der Waals surface area contributed by atoms with E-state index in [9.17, 15) is 0 Å². The lowest BCUT2D eigenvalue weighted by Gasteiger charge is -2.02. The van der Waals surface area contributed by atoms with E-state index in [1.807, 2.05) is 30.9 Å². The van der Waals surface area contributed by atoms with Crippen molar-refractivity contribution in [1.82, 2.24) is 14.8 Å². The summed E-state index contributed by atoms with van der Waals surface area (Å²) in [5.74, 6) is 0. The molecule has 0 atom stereocenters. The number of hydrogen-bond acceptors (Lipinski definition) is 2. The lowest BCUT2D eigenvalue weighted by Crippen LogP contribution is -1.94. The van der Waals surface area contributed by atoms with E-state index in [4.69, 9.17) is 0 Å². The summed E-state index contributed by atoms with van der Waals surface area (Å²) in [5.41, 5.74) is 4.57. The summed E-state index contributed by atoms with van der Waals surface area (Å²) >= 11 is 0. The molecule has 0 bridgehead atoms. The molecule has 0 saturated heterocycles. The summed E-state index contributed by atoms with van der Waals surface area (Å²) in [6.45, 7) is 4.11. The van der Waals surface area contributed by atoms with E-state index in [1.54, 1.807) is 6.20 Å². The summed E-state index contributed by atoms with van der Waals surface area (Å²) in [6.07, 6.45) is 3.64. The van der Waals surface area contributed by atoms with Gasteiger partial charge >= 0.3 is 0 Å². The standard InChI is InChI=1S/C11H13N3/c1-8-9(2)13-14(3)11(8)10-5-4-6-12-7-10/h4-7H,1-3H3. The van der Waals surface area contributed by atoms with Crippen LogP contribution >= 0.6 is 0 Å². The number of nitrogens with zero attached hydrogens (tertiary/aromatic N) is 3. The van der Waals surface area contributed by atoms with Crippen LogP contribution in [0.1, 0.15) is 11.3 Å². The second-order valence-electron chi connectivity index (χ2n) is 3.42. The summed E-state index contributed by atoms with van der Waals surface area (Å²) < 4.78 is 1.90. The van der Waals surface area contributed by atoms with E-state index < -0.39 is 0 Å². The molecule has 0 N–H and O–H groups in total. The van der Waals surface area contributed by atoms with Gasteiger partial charge in [0.2, 0.25) is 0 Å². The van der Waals surface area contributed by atoms with Crippen LogP contribution in [0.5, 0.6) is 0 Å². The Balaban J connectivity index is 2.62. The van der Waals surface area contributed by atoms with Crippen LogP contribution in [0.4, 0.5) is 0 Å². The average molecular weight is 187 g/mol. The summed E-state index contributed by atoms with van der Waals surface area (Å²) in [7, 11) is 1.96. The summed E-state index contributed by atoms with van der Waals surface area (Å²) in [4.78, 5) is 4.11.